The van der Waals surface area contributed by atoms with Crippen LogP contribution in [0.15, 0.2) is 60.7 Å². The van der Waals surface area contributed by atoms with Crippen molar-refractivity contribution < 1.29 is 13.2 Å². The van der Waals surface area contributed by atoms with Crippen LogP contribution in [0.25, 0.3) is 11.1 Å². The van der Waals surface area contributed by atoms with Gasteiger partial charge in [0.05, 0.1) is 0 Å². The molecule has 3 aromatic carbocycles. The molecule has 0 nitrogen and oxygen atoms in total. The molecule has 308 valence electrons. The Bertz CT molecular complexity index is 1560. The lowest BCUT2D eigenvalue weighted by Crippen LogP contribution is -2.25. The van der Waals surface area contributed by atoms with Crippen LogP contribution in [0.1, 0.15) is 209 Å². The Kier molecular flexibility index (Phi) is 16.9. The smallest absolute Gasteiger partial charge is 0.159 e. The number of rotatable bonds is 13. The average Bonchev–Trinajstić information content (AvgIpc) is 3.23. The lowest BCUT2D eigenvalue weighted by Gasteiger charge is -2.38. The highest BCUT2D eigenvalue weighted by Crippen LogP contribution is 2.45. The molecule has 0 aliphatic heterocycles. The van der Waals surface area contributed by atoms with Gasteiger partial charge in [0.25, 0.3) is 0 Å². The highest BCUT2D eigenvalue weighted by molar-refractivity contribution is 5.65. The molecule has 0 amide bonds. The predicted octanol–water partition coefficient (Wildman–Crippen LogP) is 17.3. The van der Waals surface area contributed by atoms with Crippen LogP contribution in [0.5, 0.6) is 0 Å². The Hall–Kier alpha value is -2.55. The molecule has 0 unspecified atom stereocenters. The molecule has 4 aliphatic rings. The summed E-state index contributed by atoms with van der Waals surface area (Å²) >= 11 is 0. The summed E-state index contributed by atoms with van der Waals surface area (Å²) in [4.78, 5) is 0. The Balaban J connectivity index is 0.000000202. The minimum Gasteiger partial charge on any atom is -0.206 e. The molecule has 0 spiro atoms. The van der Waals surface area contributed by atoms with Crippen molar-refractivity contribution in [2.45, 2.75) is 193 Å². The number of benzene rings is 3. The molecule has 0 radical (unpaired) electrons. The number of hydrogen-bond donors (Lipinski definition) is 0. The summed E-state index contributed by atoms with van der Waals surface area (Å²) in [6.07, 6.45) is 31.9. The van der Waals surface area contributed by atoms with Crippen molar-refractivity contribution >= 4 is 0 Å². The van der Waals surface area contributed by atoms with Crippen LogP contribution < -0.4 is 0 Å². The summed E-state index contributed by atoms with van der Waals surface area (Å²) in [6, 6.07) is 19.3. The van der Waals surface area contributed by atoms with Crippen LogP contribution in [0.2, 0.25) is 0 Å². The van der Waals surface area contributed by atoms with Crippen LogP contribution >= 0.6 is 0 Å². The molecule has 4 aliphatic carbocycles. The van der Waals surface area contributed by atoms with Crippen molar-refractivity contribution in [1.82, 2.24) is 0 Å². The molecule has 0 heterocycles. The second kappa shape index (κ2) is 22.0. The van der Waals surface area contributed by atoms with Gasteiger partial charge in [0, 0.05) is 5.56 Å². The van der Waals surface area contributed by atoms with Crippen molar-refractivity contribution in [1.29, 1.82) is 0 Å². The van der Waals surface area contributed by atoms with Crippen LogP contribution in [0.4, 0.5) is 13.2 Å². The molecule has 4 saturated carbocycles. The summed E-state index contributed by atoms with van der Waals surface area (Å²) in [6.45, 7) is 6.88. The SMILES string of the molecule is CCCC1CCC(C2CCC(c3ccc(F)c(F)c3)CC2)CC1.CCCCCC1CCC(c2ccc(-c3ccc(C4CCC(CCC)CC4)cc3)c(F)c2)CC1. The molecule has 3 aromatic rings. The van der Waals surface area contributed by atoms with E-state index in [2.05, 4.69) is 51.1 Å². The molecule has 0 saturated heterocycles. The summed E-state index contributed by atoms with van der Waals surface area (Å²) in [5, 5.41) is 0. The Labute approximate surface area is 340 Å². The summed E-state index contributed by atoms with van der Waals surface area (Å²) in [5.41, 5.74) is 5.42. The standard InChI is InChI=1S/C32H45F.C21H30F2/c1-3-5-6-8-25-11-15-28(16-12-25)30-21-22-31(32(33)23-30)29-19-17-27(18-20-29)26-13-9-24(7-4-2)10-14-26;1-2-3-15-4-6-16(7-5-15)17-8-10-18(11-9-17)19-12-13-20(22)21(23)14-19/h17-26,28H,3-16H2,1-2H3;12-18H,2-11H2,1H3. The van der Waals surface area contributed by atoms with Gasteiger partial charge in [-0.15, -0.1) is 0 Å². The predicted molar refractivity (Wildman–Crippen MR) is 232 cm³/mol. The highest BCUT2D eigenvalue weighted by Gasteiger charge is 2.31. The van der Waals surface area contributed by atoms with Crippen LogP contribution in [-0.4, -0.2) is 0 Å². The van der Waals surface area contributed by atoms with Gasteiger partial charge in [-0.3, -0.25) is 0 Å². The normalized spacial score (nSPS) is 28.3. The summed E-state index contributed by atoms with van der Waals surface area (Å²) in [5.74, 6) is 4.81. The Morgan fingerprint density at radius 2 is 0.821 bits per heavy atom. The largest absolute Gasteiger partial charge is 0.206 e. The van der Waals surface area contributed by atoms with Crippen LogP contribution in [-0.2, 0) is 0 Å². The zero-order valence-electron chi connectivity index (χ0n) is 35.5. The first-order chi connectivity index (χ1) is 27.3. The number of halogens is 3. The minimum absolute atomic E-state index is 0.0506. The molecule has 0 atom stereocenters. The molecular weight excluding hydrogens is 694 g/mol. The summed E-state index contributed by atoms with van der Waals surface area (Å²) < 4.78 is 41.7. The van der Waals surface area contributed by atoms with Gasteiger partial charge >= 0.3 is 0 Å². The average molecular weight is 769 g/mol. The zero-order chi connectivity index (χ0) is 39.3. The molecule has 4 fully saturated rings. The van der Waals surface area contributed by atoms with Crippen molar-refractivity contribution in [3.63, 3.8) is 0 Å². The van der Waals surface area contributed by atoms with Gasteiger partial charge in [0.2, 0.25) is 0 Å². The van der Waals surface area contributed by atoms with Gasteiger partial charge in [0.1, 0.15) is 5.82 Å². The third-order valence-electron chi connectivity index (χ3n) is 15.2. The fraction of sp³-hybridized carbons (Fsp3) is 0.660. The van der Waals surface area contributed by atoms with Gasteiger partial charge in [-0.05, 0) is 178 Å². The number of hydrogen-bond acceptors (Lipinski definition) is 0. The first-order valence-corrected chi connectivity index (χ1v) is 23.7. The fourth-order valence-electron chi connectivity index (χ4n) is 11.7. The van der Waals surface area contributed by atoms with E-state index >= 15 is 4.39 Å². The van der Waals surface area contributed by atoms with E-state index in [1.165, 1.54) is 165 Å². The van der Waals surface area contributed by atoms with Gasteiger partial charge in [-0.25, -0.2) is 13.2 Å². The highest BCUT2D eigenvalue weighted by atomic mass is 19.2. The molecule has 0 aromatic heterocycles. The summed E-state index contributed by atoms with van der Waals surface area (Å²) in [7, 11) is 0. The van der Waals surface area contributed by atoms with Gasteiger partial charge in [0.15, 0.2) is 11.6 Å². The van der Waals surface area contributed by atoms with Crippen LogP contribution in [0, 0.1) is 47.0 Å². The molecule has 56 heavy (non-hydrogen) atoms. The van der Waals surface area contributed by atoms with Crippen molar-refractivity contribution in [2.24, 2.45) is 29.6 Å². The van der Waals surface area contributed by atoms with Crippen molar-refractivity contribution in [2.75, 3.05) is 0 Å². The van der Waals surface area contributed by atoms with Gasteiger partial charge in [-0.2, -0.15) is 0 Å². The second-order valence-corrected chi connectivity index (χ2v) is 18.9. The topological polar surface area (TPSA) is 0 Å². The zero-order valence-corrected chi connectivity index (χ0v) is 35.5. The van der Waals surface area contributed by atoms with Crippen molar-refractivity contribution in [3.05, 3.63) is 94.8 Å². The molecular formula is C53H75F3. The van der Waals surface area contributed by atoms with E-state index in [-0.39, 0.29) is 5.82 Å². The lowest BCUT2D eigenvalue weighted by molar-refractivity contribution is 0.156. The first-order valence-electron chi connectivity index (χ1n) is 23.7. The Morgan fingerprint density at radius 1 is 0.393 bits per heavy atom. The molecule has 0 N–H and O–H groups in total. The van der Waals surface area contributed by atoms with Gasteiger partial charge < -0.3 is 0 Å². The van der Waals surface area contributed by atoms with E-state index in [4.69, 9.17) is 0 Å². The van der Waals surface area contributed by atoms with E-state index in [0.717, 1.165) is 59.1 Å². The number of unbranched alkanes of at least 4 members (excludes halogenated alkanes) is 2. The minimum atomic E-state index is -0.730. The third-order valence-corrected chi connectivity index (χ3v) is 15.2. The van der Waals surface area contributed by atoms with E-state index in [1.54, 1.807) is 6.07 Å². The van der Waals surface area contributed by atoms with Crippen molar-refractivity contribution in [3.8, 4) is 11.1 Å². The van der Waals surface area contributed by atoms with E-state index in [1.807, 2.05) is 12.1 Å². The Morgan fingerprint density at radius 3 is 1.32 bits per heavy atom. The first kappa shape index (κ1) is 43.0. The van der Waals surface area contributed by atoms with Crippen LogP contribution in [0.3, 0.4) is 0 Å². The second-order valence-electron chi connectivity index (χ2n) is 18.9. The maximum absolute atomic E-state index is 15.1. The van der Waals surface area contributed by atoms with E-state index < -0.39 is 11.6 Å². The van der Waals surface area contributed by atoms with Gasteiger partial charge in [-0.1, -0.05) is 127 Å². The third kappa shape index (κ3) is 12.0. The van der Waals surface area contributed by atoms with E-state index in [0.29, 0.717) is 17.8 Å². The molecule has 7 rings (SSSR count). The fourth-order valence-corrected chi connectivity index (χ4v) is 11.7. The lowest BCUT2D eigenvalue weighted by atomic mass is 9.68. The monoisotopic (exact) mass is 769 g/mol. The quantitative estimate of drug-likeness (QED) is 0.152. The maximum atomic E-state index is 15.1. The molecule has 0 bridgehead atoms. The maximum Gasteiger partial charge on any atom is 0.159 e. The molecule has 3 heteroatoms. The van der Waals surface area contributed by atoms with E-state index in [9.17, 15) is 8.78 Å².